The highest BCUT2D eigenvalue weighted by Crippen LogP contribution is 2.26. The Balaban J connectivity index is 4.08. The summed E-state index contributed by atoms with van der Waals surface area (Å²) < 4.78 is 0. The minimum atomic E-state index is 0.418. The molecule has 0 amide bonds. The number of hydrogen-bond acceptors (Lipinski definition) is 7. The topological polar surface area (TPSA) is 37.4 Å². The molecular weight excluding hydrogens is 691 g/mol. The minimum absolute atomic E-state index is 0.418. The van der Waals surface area contributed by atoms with Crippen molar-refractivity contribution < 1.29 is 9.59 Å². The van der Waals surface area contributed by atoms with Crippen molar-refractivity contribution in [3.63, 3.8) is 0 Å². The van der Waals surface area contributed by atoms with Gasteiger partial charge < -0.3 is 4.90 Å². The van der Waals surface area contributed by atoms with Crippen molar-refractivity contribution >= 4 is 57.3 Å². The van der Waals surface area contributed by atoms with Crippen molar-refractivity contribution in [1.82, 2.24) is 4.90 Å². The molecule has 0 aromatic rings. The minimum Gasteiger partial charge on any atom is -0.309 e. The van der Waals surface area contributed by atoms with Crippen molar-refractivity contribution in [2.45, 2.75) is 211 Å². The van der Waals surface area contributed by atoms with Crippen LogP contribution in [0.25, 0.3) is 0 Å². The van der Waals surface area contributed by atoms with E-state index in [0.717, 1.165) is 43.1 Å². The van der Waals surface area contributed by atoms with E-state index in [9.17, 15) is 9.59 Å². The number of nitrogens with zero attached hydrogens (tertiary/aromatic N) is 1. The van der Waals surface area contributed by atoms with Crippen LogP contribution in [0.15, 0.2) is 0 Å². The molecule has 0 rings (SSSR count). The van der Waals surface area contributed by atoms with Crippen LogP contribution in [0.2, 0.25) is 0 Å². The largest absolute Gasteiger partial charge is 0.309 e. The Morgan fingerprint density at radius 1 is 0.460 bits per heavy atom. The molecule has 7 heteroatoms. The second kappa shape index (κ2) is 39.4. The van der Waals surface area contributed by atoms with Gasteiger partial charge in [0.05, 0.1) is 0 Å². The molecule has 0 saturated carbocycles. The van der Waals surface area contributed by atoms with E-state index >= 15 is 0 Å². The van der Waals surface area contributed by atoms with Gasteiger partial charge in [-0.1, -0.05) is 179 Å². The molecule has 3 nitrogen and oxygen atoms in total. The third kappa shape index (κ3) is 35.7. The van der Waals surface area contributed by atoms with Gasteiger partial charge in [-0.2, -0.15) is 23.5 Å². The Morgan fingerprint density at radius 2 is 0.800 bits per heavy atom. The molecule has 0 aliphatic heterocycles. The predicted octanol–water partition coefficient (Wildman–Crippen LogP) is 14.5. The van der Waals surface area contributed by atoms with Gasteiger partial charge in [0.15, 0.2) is 10.2 Å². The van der Waals surface area contributed by atoms with Crippen LogP contribution in [0.1, 0.15) is 200 Å². The van der Waals surface area contributed by atoms with Crippen LogP contribution in [0.4, 0.5) is 0 Å². The fraction of sp³-hybridized carbons (Fsp3) is 0.953. The van der Waals surface area contributed by atoms with Gasteiger partial charge in [-0.05, 0) is 71.2 Å². The zero-order chi connectivity index (χ0) is 36.9. The first-order valence-corrected chi connectivity index (χ1v) is 25.9. The molecular formula is C43H85NO2S4. The smallest absolute Gasteiger partial charge is 0.188 e. The van der Waals surface area contributed by atoms with E-state index in [1.807, 2.05) is 23.5 Å². The monoisotopic (exact) mass is 776 g/mol. The third-order valence-electron chi connectivity index (χ3n) is 10.2. The molecule has 298 valence electrons. The Hall–Kier alpha value is 0.700. The molecule has 0 heterocycles. The lowest BCUT2D eigenvalue weighted by Crippen LogP contribution is -2.13. The van der Waals surface area contributed by atoms with Gasteiger partial charge in [-0.25, -0.2) is 0 Å². The van der Waals surface area contributed by atoms with Gasteiger partial charge in [0.2, 0.25) is 0 Å². The van der Waals surface area contributed by atoms with Gasteiger partial charge in [-0.3, -0.25) is 9.59 Å². The van der Waals surface area contributed by atoms with Crippen LogP contribution < -0.4 is 0 Å². The molecule has 0 aromatic heterocycles. The van der Waals surface area contributed by atoms with E-state index in [2.05, 4.69) is 45.4 Å². The van der Waals surface area contributed by atoms with Gasteiger partial charge in [0.25, 0.3) is 0 Å². The summed E-state index contributed by atoms with van der Waals surface area (Å²) in [6.45, 7) is 5.75. The Labute approximate surface area is 331 Å². The summed E-state index contributed by atoms with van der Waals surface area (Å²) in [4.78, 5) is 27.3. The van der Waals surface area contributed by atoms with Crippen LogP contribution >= 0.6 is 47.0 Å². The standard InChI is InChI=1S/C43H85NO2S4/c1-7-9-11-15-23-32-40(47-5)37-49-42(45)34-25-19-13-17-21-29-39(31-27-28-36-44(3)4)30-22-18-14-20-26-35-43(46)50-38-41(48-6)33-24-16-12-10-8-2/h39-41H,7-38H2,1-6H3. The van der Waals surface area contributed by atoms with E-state index in [-0.39, 0.29) is 0 Å². The van der Waals surface area contributed by atoms with Gasteiger partial charge >= 0.3 is 0 Å². The van der Waals surface area contributed by atoms with Crippen LogP contribution in [-0.4, -0.2) is 70.3 Å². The van der Waals surface area contributed by atoms with Crippen molar-refractivity contribution in [3.05, 3.63) is 0 Å². The highest BCUT2D eigenvalue weighted by atomic mass is 32.2. The highest BCUT2D eigenvalue weighted by molar-refractivity contribution is 8.14. The van der Waals surface area contributed by atoms with E-state index in [1.165, 1.54) is 167 Å². The van der Waals surface area contributed by atoms with Crippen molar-refractivity contribution in [1.29, 1.82) is 0 Å². The normalized spacial score (nSPS) is 13.6. The van der Waals surface area contributed by atoms with Gasteiger partial charge in [0, 0.05) is 34.8 Å². The molecule has 0 bridgehead atoms. The van der Waals surface area contributed by atoms with Crippen LogP contribution in [0, 0.1) is 5.92 Å². The van der Waals surface area contributed by atoms with E-state index in [0.29, 0.717) is 20.7 Å². The molecule has 2 atom stereocenters. The summed E-state index contributed by atoms with van der Waals surface area (Å²) in [7, 11) is 4.37. The molecule has 0 spiro atoms. The summed E-state index contributed by atoms with van der Waals surface area (Å²) in [5.41, 5.74) is 0. The number of unbranched alkanes of at least 4 members (excludes halogenated alkanes) is 17. The molecule has 0 aliphatic rings. The Morgan fingerprint density at radius 3 is 1.18 bits per heavy atom. The molecule has 0 aliphatic carbocycles. The zero-order valence-electron chi connectivity index (χ0n) is 34.3. The summed E-state index contributed by atoms with van der Waals surface area (Å²) in [5.74, 6) is 2.88. The zero-order valence-corrected chi connectivity index (χ0v) is 37.5. The fourth-order valence-electron chi connectivity index (χ4n) is 6.77. The first kappa shape index (κ1) is 50.7. The third-order valence-corrected chi connectivity index (χ3v) is 15.0. The number of carbonyl (C=O) groups excluding carboxylic acids is 2. The van der Waals surface area contributed by atoms with E-state index < -0.39 is 0 Å². The van der Waals surface area contributed by atoms with Crippen LogP contribution in [0.3, 0.4) is 0 Å². The lowest BCUT2D eigenvalue weighted by Gasteiger charge is -2.18. The molecule has 0 aromatic carbocycles. The first-order chi connectivity index (χ1) is 24.4. The van der Waals surface area contributed by atoms with Crippen LogP contribution in [0.5, 0.6) is 0 Å². The van der Waals surface area contributed by atoms with Crippen molar-refractivity contribution in [2.24, 2.45) is 5.92 Å². The molecule has 50 heavy (non-hydrogen) atoms. The van der Waals surface area contributed by atoms with Crippen molar-refractivity contribution in [2.75, 3.05) is 44.7 Å². The second-order valence-electron chi connectivity index (χ2n) is 15.3. The lowest BCUT2D eigenvalue weighted by molar-refractivity contribution is -0.111. The number of thioether (sulfide) groups is 4. The summed E-state index contributed by atoms with van der Waals surface area (Å²) in [6, 6.07) is 0. The lowest BCUT2D eigenvalue weighted by atomic mass is 9.90. The fourth-order valence-corrected chi connectivity index (χ4v) is 10.7. The predicted molar refractivity (Wildman–Crippen MR) is 237 cm³/mol. The molecule has 0 fully saturated rings. The molecule has 2 unspecified atom stereocenters. The quantitative estimate of drug-likeness (QED) is 0.0576. The second-order valence-corrected chi connectivity index (χ2v) is 19.7. The first-order valence-electron chi connectivity index (χ1n) is 21.4. The maximum atomic E-state index is 12.5. The average Bonchev–Trinajstić information content (AvgIpc) is 3.11. The van der Waals surface area contributed by atoms with Gasteiger partial charge in [0.1, 0.15) is 0 Å². The number of rotatable bonds is 39. The van der Waals surface area contributed by atoms with Gasteiger partial charge in [-0.15, -0.1) is 0 Å². The Kier molecular flexibility index (Phi) is 39.9. The summed E-state index contributed by atoms with van der Waals surface area (Å²) in [6.07, 6.45) is 41.2. The maximum absolute atomic E-state index is 12.5. The summed E-state index contributed by atoms with van der Waals surface area (Å²) >= 11 is 7.11. The van der Waals surface area contributed by atoms with E-state index in [1.54, 1.807) is 23.5 Å². The summed E-state index contributed by atoms with van der Waals surface area (Å²) in [5, 5.41) is 2.11. The Bertz CT molecular complexity index is 686. The van der Waals surface area contributed by atoms with E-state index in [4.69, 9.17) is 0 Å². The van der Waals surface area contributed by atoms with Crippen molar-refractivity contribution in [3.8, 4) is 0 Å². The van der Waals surface area contributed by atoms with Crippen LogP contribution in [-0.2, 0) is 9.59 Å². The number of carbonyl (C=O) groups is 2. The molecule has 0 radical (unpaired) electrons. The molecule has 0 saturated heterocycles. The molecule has 0 N–H and O–H groups in total. The number of hydrogen-bond donors (Lipinski definition) is 0. The SMILES string of the molecule is CCCCCCCC(CSC(=O)CCCCCCCC(CCCCCCCC(=O)SCC(CCCCCCC)SC)CCCCN(C)C)SC. The maximum Gasteiger partial charge on any atom is 0.188 e. The highest BCUT2D eigenvalue weighted by Gasteiger charge is 2.13. The average molecular weight is 776 g/mol.